The minimum atomic E-state index is -1.87. The Balaban J connectivity index is 3.76. The number of hydrogen-bond donors (Lipinski definition) is 1. The Bertz CT molecular complexity index is 308. The van der Waals surface area contributed by atoms with Crippen LogP contribution in [0.3, 0.4) is 0 Å². The van der Waals surface area contributed by atoms with Gasteiger partial charge in [-0.05, 0) is 0 Å². The van der Waals surface area contributed by atoms with E-state index < -0.39 is 6.46 Å². The zero-order valence-electron chi connectivity index (χ0n) is 9.27. The molecule has 0 aromatic heterocycles. The van der Waals surface area contributed by atoms with Gasteiger partial charge in [0.15, 0.2) is 0 Å². The van der Waals surface area contributed by atoms with E-state index in [1.54, 1.807) is 7.00 Å². The van der Waals surface area contributed by atoms with E-state index in [0.29, 0.717) is 13.2 Å². The average Bonchev–Trinajstić information content (AvgIpc) is 2.27. The monoisotopic (exact) mass is 380 g/mol. The summed E-state index contributed by atoms with van der Waals surface area (Å²) in [6.07, 6.45) is 0. The van der Waals surface area contributed by atoms with Gasteiger partial charge >= 0.3 is 136 Å². The third-order valence-electron chi connectivity index (χ3n) is 1.28. The van der Waals surface area contributed by atoms with Crippen LogP contribution in [0.5, 0.6) is 0 Å². The topological polar surface area (TPSA) is 18.5 Å². The third-order valence-corrected chi connectivity index (χ3v) is 14.6. The molecule has 0 N–H and O–H groups in total. The first-order chi connectivity index (χ1) is 8.02. The first-order valence-electron chi connectivity index (χ1n) is 4.47. The maximum absolute atomic E-state index is 5.57. The van der Waals surface area contributed by atoms with Crippen LogP contribution >= 0.6 is 51.0 Å². The summed E-state index contributed by atoms with van der Waals surface area (Å²) < 4.78 is 10.8. The van der Waals surface area contributed by atoms with Crippen molar-refractivity contribution >= 4 is 101 Å². The zero-order chi connectivity index (χ0) is 13.1. The molecule has 0 rings (SSSR count). The van der Waals surface area contributed by atoms with Crippen molar-refractivity contribution in [1.82, 2.24) is 0 Å². The molecule has 1 unspecified atom stereocenters. The van der Waals surface area contributed by atoms with Crippen LogP contribution in [-0.2, 0) is 37.7 Å². The summed E-state index contributed by atoms with van der Waals surface area (Å²) in [6, 6.07) is 0. The van der Waals surface area contributed by atoms with Crippen LogP contribution < -0.4 is 0 Å². The van der Waals surface area contributed by atoms with Gasteiger partial charge in [0, 0.05) is 0 Å². The SMILES string of the molecule is BB=BOCC(C)COS(=S)(=S)SSSSS. The van der Waals surface area contributed by atoms with Crippen molar-refractivity contribution in [1.29, 1.82) is 0 Å². The van der Waals surface area contributed by atoms with Gasteiger partial charge in [-0.15, -0.1) is 0 Å². The van der Waals surface area contributed by atoms with Crippen LogP contribution in [-0.4, -0.2) is 34.6 Å². The fourth-order valence-corrected chi connectivity index (χ4v) is 14.2. The Hall–Kier alpha value is 2.49. The molecule has 0 radical (unpaired) electrons. The summed E-state index contributed by atoms with van der Waals surface area (Å²) in [5.41, 5.74) is 0. The minimum absolute atomic E-state index is 0.279. The van der Waals surface area contributed by atoms with Gasteiger partial charge in [-0.1, -0.05) is 0 Å². The van der Waals surface area contributed by atoms with Gasteiger partial charge in [0.1, 0.15) is 0 Å². The fourth-order valence-electron chi connectivity index (χ4n) is 0.641. The molecule has 17 heavy (non-hydrogen) atoms. The van der Waals surface area contributed by atoms with Crippen molar-refractivity contribution < 1.29 is 8.84 Å². The third kappa shape index (κ3) is 13.2. The van der Waals surface area contributed by atoms with E-state index in [-0.39, 0.29) is 5.92 Å². The van der Waals surface area contributed by atoms with Gasteiger partial charge in [-0.2, -0.15) is 0 Å². The summed E-state index contributed by atoms with van der Waals surface area (Å²) in [4.78, 5) is 0. The molecular formula is C4H11B3O2S8. The molecule has 96 valence electrons. The van der Waals surface area contributed by atoms with Crippen molar-refractivity contribution in [2.75, 3.05) is 13.2 Å². The van der Waals surface area contributed by atoms with Gasteiger partial charge in [-0.3, -0.25) is 0 Å². The van der Waals surface area contributed by atoms with Crippen LogP contribution in [0.4, 0.5) is 0 Å². The Kier molecular flexibility index (Phi) is 14.0. The molecule has 0 amide bonds. The van der Waals surface area contributed by atoms with Crippen LogP contribution in [0.15, 0.2) is 0 Å². The maximum atomic E-state index is 5.57. The molecule has 0 bridgehead atoms. The van der Waals surface area contributed by atoms with E-state index in [9.17, 15) is 0 Å². The summed E-state index contributed by atoms with van der Waals surface area (Å²) in [6.45, 7) is 3.16. The van der Waals surface area contributed by atoms with Crippen molar-refractivity contribution in [3.05, 3.63) is 0 Å². The molecule has 0 aromatic carbocycles. The first kappa shape index (κ1) is 19.5. The van der Waals surface area contributed by atoms with Crippen LogP contribution in [0, 0.1) is 5.92 Å². The van der Waals surface area contributed by atoms with Gasteiger partial charge in [0.2, 0.25) is 0 Å². The molecule has 1 atom stereocenters. The molecule has 0 heterocycles. The zero-order valence-corrected chi connectivity index (χ0v) is 15.9. The molecule has 0 aliphatic carbocycles. The van der Waals surface area contributed by atoms with E-state index in [2.05, 4.69) is 11.7 Å². The Labute approximate surface area is 135 Å². The van der Waals surface area contributed by atoms with Crippen molar-refractivity contribution in [2.24, 2.45) is 5.92 Å². The fraction of sp³-hybridized carbons (Fsp3) is 1.00. The van der Waals surface area contributed by atoms with E-state index in [4.69, 9.17) is 31.2 Å². The van der Waals surface area contributed by atoms with Gasteiger partial charge in [0.05, 0.1) is 0 Å². The van der Waals surface area contributed by atoms with Gasteiger partial charge in [-0.25, -0.2) is 0 Å². The quantitative estimate of drug-likeness (QED) is 0.265. The number of hydrogen-bond acceptors (Lipinski definition) is 9. The Morgan fingerprint density at radius 3 is 2.71 bits per heavy atom. The molecule has 0 saturated heterocycles. The summed E-state index contributed by atoms with van der Waals surface area (Å²) in [5, 5.41) is 0. The van der Waals surface area contributed by atoms with Gasteiger partial charge < -0.3 is 0 Å². The number of thiol groups is 1. The average molecular weight is 380 g/mol. The second kappa shape index (κ2) is 12.3. The van der Waals surface area contributed by atoms with Crippen LogP contribution in [0.2, 0.25) is 0 Å². The summed E-state index contributed by atoms with van der Waals surface area (Å²) in [5.74, 6) is 0.279. The second-order valence-corrected chi connectivity index (χ2v) is 17.3. The van der Waals surface area contributed by atoms with Crippen molar-refractivity contribution in [3.8, 4) is 0 Å². The molecule has 2 nitrogen and oxygen atoms in total. The molecule has 0 spiro atoms. The Morgan fingerprint density at radius 2 is 2.12 bits per heavy atom. The predicted octanol–water partition coefficient (Wildman–Crippen LogP) is 1.87. The van der Waals surface area contributed by atoms with Crippen LogP contribution in [0.1, 0.15) is 6.92 Å². The van der Waals surface area contributed by atoms with E-state index in [0.717, 1.165) is 0 Å². The molecule has 13 heteroatoms. The van der Waals surface area contributed by atoms with E-state index >= 15 is 0 Å². The van der Waals surface area contributed by atoms with Crippen molar-refractivity contribution in [2.45, 2.75) is 6.92 Å². The predicted molar refractivity (Wildman–Crippen MR) is 103 cm³/mol. The summed E-state index contributed by atoms with van der Waals surface area (Å²) in [7, 11) is 9.41. The Morgan fingerprint density at radius 1 is 1.41 bits per heavy atom. The van der Waals surface area contributed by atoms with Crippen molar-refractivity contribution in [3.63, 3.8) is 0 Å². The normalized spacial score (nSPS) is 13.1. The van der Waals surface area contributed by atoms with Gasteiger partial charge in [0.25, 0.3) is 0 Å². The molecule has 0 fully saturated rings. The molecular weight excluding hydrogens is 369 g/mol. The molecule has 0 saturated carbocycles. The van der Waals surface area contributed by atoms with E-state index in [1.165, 1.54) is 39.3 Å². The molecule has 0 aliphatic heterocycles. The second-order valence-electron chi connectivity index (χ2n) is 2.88. The number of rotatable bonds is 10. The van der Waals surface area contributed by atoms with E-state index in [1.807, 2.05) is 21.4 Å². The molecule has 0 aliphatic rings. The summed E-state index contributed by atoms with van der Waals surface area (Å²) >= 11 is 14.5. The van der Waals surface area contributed by atoms with Crippen LogP contribution in [0.25, 0.3) is 0 Å². The standard InChI is InChI=1S/C4H11B3O2S8/c1-4(2-8-7-6-5)3-9-17(11,12)16-15-14-13-10/h4,10H,2-3,5H2,1H3. The first-order valence-corrected chi connectivity index (χ1v) is 14.3. The molecule has 0 aromatic rings.